The van der Waals surface area contributed by atoms with Crippen molar-refractivity contribution in [2.24, 2.45) is 5.92 Å². The Labute approximate surface area is 205 Å². The smallest absolute Gasteiger partial charge is 0.259 e. The molecule has 1 aliphatic heterocycles. The summed E-state index contributed by atoms with van der Waals surface area (Å²) in [6.07, 6.45) is 6.12. The van der Waals surface area contributed by atoms with E-state index in [0.29, 0.717) is 42.6 Å². The predicted octanol–water partition coefficient (Wildman–Crippen LogP) is 6.08. The van der Waals surface area contributed by atoms with E-state index in [0.717, 1.165) is 36.6 Å². The molecule has 33 heavy (non-hydrogen) atoms. The van der Waals surface area contributed by atoms with Gasteiger partial charge in [0.25, 0.3) is 5.91 Å². The highest BCUT2D eigenvalue weighted by Crippen LogP contribution is 2.27. The molecule has 0 radical (unpaired) electrons. The van der Waals surface area contributed by atoms with Crippen LogP contribution in [0.15, 0.2) is 51.8 Å². The minimum atomic E-state index is -3.52. The van der Waals surface area contributed by atoms with Crippen LogP contribution < -0.4 is 10.1 Å². The maximum Gasteiger partial charge on any atom is 0.259 e. The lowest BCUT2D eigenvalue weighted by molar-refractivity contribution is 0.102. The number of anilines is 1. The van der Waals surface area contributed by atoms with Crippen LogP contribution in [0.2, 0.25) is 0 Å². The first-order valence-electron chi connectivity index (χ1n) is 11.6. The van der Waals surface area contributed by atoms with Crippen molar-refractivity contribution in [3.8, 4) is 5.75 Å². The second-order valence-electron chi connectivity index (χ2n) is 8.61. The highest BCUT2D eigenvalue weighted by atomic mass is 79.9. The number of benzene rings is 2. The van der Waals surface area contributed by atoms with Crippen molar-refractivity contribution < 1.29 is 17.9 Å². The molecule has 0 bridgehead atoms. The summed E-state index contributed by atoms with van der Waals surface area (Å²) in [4.78, 5) is 13.2. The quantitative estimate of drug-likeness (QED) is 0.373. The van der Waals surface area contributed by atoms with Gasteiger partial charge in [-0.3, -0.25) is 4.79 Å². The van der Waals surface area contributed by atoms with Crippen molar-refractivity contribution >= 4 is 37.5 Å². The molecule has 0 aliphatic carbocycles. The lowest BCUT2D eigenvalue weighted by Crippen LogP contribution is -2.37. The number of carbonyl (C=O) groups excluding carboxylic acids is 1. The number of rotatable bonds is 10. The van der Waals surface area contributed by atoms with Crippen LogP contribution in [-0.4, -0.2) is 38.3 Å². The van der Waals surface area contributed by atoms with Crippen LogP contribution in [0.5, 0.6) is 5.75 Å². The molecule has 1 fully saturated rings. The Morgan fingerprint density at radius 3 is 2.45 bits per heavy atom. The largest absolute Gasteiger partial charge is 0.493 e. The van der Waals surface area contributed by atoms with Crippen molar-refractivity contribution in [1.82, 2.24) is 4.31 Å². The molecule has 1 amide bonds. The van der Waals surface area contributed by atoms with Gasteiger partial charge < -0.3 is 10.1 Å². The summed E-state index contributed by atoms with van der Waals surface area (Å²) in [7, 11) is -3.52. The van der Waals surface area contributed by atoms with Crippen LogP contribution in [0.4, 0.5) is 5.69 Å². The maximum absolute atomic E-state index is 12.9. The zero-order valence-corrected chi connectivity index (χ0v) is 21.8. The standard InChI is InChI=1S/C25H33BrN2O4S/c1-3-4-5-6-17-32-24-12-7-20(26)18-23(24)25(29)27-21-8-10-22(11-9-21)33(30,31)28-15-13-19(2)14-16-28/h7-12,18-19H,3-6,13-17H2,1-2H3,(H,27,29). The fourth-order valence-electron chi connectivity index (χ4n) is 3.80. The van der Waals surface area contributed by atoms with E-state index in [4.69, 9.17) is 4.74 Å². The summed E-state index contributed by atoms with van der Waals surface area (Å²) in [5, 5.41) is 2.85. The molecule has 1 heterocycles. The van der Waals surface area contributed by atoms with E-state index in [-0.39, 0.29) is 10.8 Å². The number of hydrogen-bond donors (Lipinski definition) is 1. The van der Waals surface area contributed by atoms with E-state index < -0.39 is 10.0 Å². The predicted molar refractivity (Wildman–Crippen MR) is 135 cm³/mol. The third-order valence-electron chi connectivity index (χ3n) is 5.93. The number of ether oxygens (including phenoxy) is 1. The summed E-state index contributed by atoms with van der Waals surface area (Å²) in [5.74, 6) is 0.781. The van der Waals surface area contributed by atoms with Gasteiger partial charge in [0, 0.05) is 23.2 Å². The van der Waals surface area contributed by atoms with E-state index in [9.17, 15) is 13.2 Å². The van der Waals surface area contributed by atoms with Crippen molar-refractivity contribution in [2.75, 3.05) is 25.0 Å². The summed E-state index contributed by atoms with van der Waals surface area (Å²) >= 11 is 3.42. The third kappa shape index (κ3) is 7.04. The average Bonchev–Trinajstić information content (AvgIpc) is 2.80. The first-order chi connectivity index (χ1) is 15.8. The van der Waals surface area contributed by atoms with Gasteiger partial charge in [-0.25, -0.2) is 8.42 Å². The van der Waals surface area contributed by atoms with Gasteiger partial charge in [-0.2, -0.15) is 4.31 Å². The SMILES string of the molecule is CCCCCCOc1ccc(Br)cc1C(=O)Nc1ccc(S(=O)(=O)N2CCC(C)CC2)cc1. The fourth-order valence-corrected chi connectivity index (χ4v) is 5.63. The van der Waals surface area contributed by atoms with Crippen molar-refractivity contribution in [3.63, 3.8) is 0 Å². The summed E-state index contributed by atoms with van der Waals surface area (Å²) in [6.45, 7) is 5.96. The number of nitrogens with zero attached hydrogens (tertiary/aromatic N) is 1. The van der Waals surface area contributed by atoms with Gasteiger partial charge in [0.1, 0.15) is 5.75 Å². The van der Waals surface area contributed by atoms with E-state index in [2.05, 4.69) is 35.1 Å². The molecule has 180 valence electrons. The number of carbonyl (C=O) groups is 1. The molecule has 0 aromatic heterocycles. The number of piperidine rings is 1. The highest BCUT2D eigenvalue weighted by molar-refractivity contribution is 9.10. The molecular weight excluding hydrogens is 504 g/mol. The average molecular weight is 538 g/mol. The Morgan fingerprint density at radius 2 is 1.79 bits per heavy atom. The first kappa shape index (κ1) is 25.7. The van der Waals surface area contributed by atoms with Crippen LogP contribution >= 0.6 is 15.9 Å². The monoisotopic (exact) mass is 536 g/mol. The fraction of sp³-hybridized carbons (Fsp3) is 0.480. The molecule has 2 aromatic rings. The minimum absolute atomic E-state index is 0.244. The molecule has 1 N–H and O–H groups in total. The van der Waals surface area contributed by atoms with Crippen LogP contribution in [-0.2, 0) is 10.0 Å². The number of hydrogen-bond acceptors (Lipinski definition) is 4. The Hall–Kier alpha value is -1.90. The third-order valence-corrected chi connectivity index (χ3v) is 8.34. The van der Waals surface area contributed by atoms with Gasteiger partial charge in [0.05, 0.1) is 17.1 Å². The molecule has 3 rings (SSSR count). The van der Waals surface area contributed by atoms with Gasteiger partial charge in [0.15, 0.2) is 0 Å². The Kier molecular flexibility index (Phi) is 9.35. The van der Waals surface area contributed by atoms with Crippen molar-refractivity contribution in [3.05, 3.63) is 52.5 Å². The summed E-state index contributed by atoms with van der Waals surface area (Å²) in [6, 6.07) is 11.7. The number of nitrogens with one attached hydrogen (secondary N) is 1. The van der Waals surface area contributed by atoms with E-state index in [1.807, 2.05) is 6.07 Å². The van der Waals surface area contributed by atoms with Gasteiger partial charge in [0.2, 0.25) is 10.0 Å². The normalized spacial score (nSPS) is 15.4. The molecule has 1 aliphatic rings. The molecule has 0 saturated carbocycles. The zero-order chi connectivity index (χ0) is 23.8. The van der Waals surface area contributed by atoms with Gasteiger partial charge in [-0.15, -0.1) is 0 Å². The number of unbranched alkanes of at least 4 members (excludes halogenated alkanes) is 3. The van der Waals surface area contributed by atoms with E-state index in [1.54, 1.807) is 40.7 Å². The molecule has 8 heteroatoms. The Bertz CT molecular complexity index is 1030. The molecule has 6 nitrogen and oxygen atoms in total. The van der Waals surface area contributed by atoms with Gasteiger partial charge in [-0.1, -0.05) is 49.0 Å². The first-order valence-corrected chi connectivity index (χ1v) is 13.9. The number of halogens is 1. The van der Waals surface area contributed by atoms with Crippen LogP contribution in [0.25, 0.3) is 0 Å². The molecule has 0 atom stereocenters. The Balaban J connectivity index is 1.66. The van der Waals surface area contributed by atoms with E-state index >= 15 is 0 Å². The molecule has 0 unspecified atom stereocenters. The molecule has 2 aromatic carbocycles. The van der Waals surface area contributed by atoms with Crippen LogP contribution in [0.3, 0.4) is 0 Å². The minimum Gasteiger partial charge on any atom is -0.493 e. The maximum atomic E-state index is 12.9. The van der Waals surface area contributed by atoms with E-state index in [1.165, 1.54) is 6.42 Å². The zero-order valence-electron chi connectivity index (χ0n) is 19.3. The van der Waals surface area contributed by atoms with Crippen molar-refractivity contribution in [1.29, 1.82) is 0 Å². The number of sulfonamides is 1. The van der Waals surface area contributed by atoms with Crippen LogP contribution in [0, 0.1) is 5.92 Å². The summed E-state index contributed by atoms with van der Waals surface area (Å²) in [5.41, 5.74) is 0.957. The topological polar surface area (TPSA) is 75.7 Å². The van der Waals surface area contributed by atoms with Gasteiger partial charge >= 0.3 is 0 Å². The van der Waals surface area contributed by atoms with Crippen molar-refractivity contribution in [2.45, 2.75) is 57.3 Å². The van der Waals surface area contributed by atoms with Gasteiger partial charge in [-0.05, 0) is 67.6 Å². The molecular formula is C25H33BrN2O4S. The number of amides is 1. The highest BCUT2D eigenvalue weighted by Gasteiger charge is 2.28. The summed E-state index contributed by atoms with van der Waals surface area (Å²) < 4.78 is 34.0. The lowest BCUT2D eigenvalue weighted by atomic mass is 10.0. The molecule has 1 saturated heterocycles. The second-order valence-corrected chi connectivity index (χ2v) is 11.5. The molecule has 0 spiro atoms. The lowest BCUT2D eigenvalue weighted by Gasteiger charge is -2.29. The Morgan fingerprint density at radius 1 is 1.09 bits per heavy atom. The van der Waals surface area contributed by atoms with Crippen LogP contribution in [0.1, 0.15) is 62.7 Å². The second kappa shape index (κ2) is 12.0.